The maximum Gasteiger partial charge on any atom is 0.321 e. The smallest absolute Gasteiger partial charge is 0.321 e. The van der Waals surface area contributed by atoms with Crippen LogP contribution in [-0.4, -0.2) is 24.0 Å². The van der Waals surface area contributed by atoms with Gasteiger partial charge in [-0.3, -0.25) is 0 Å². The molecule has 1 fully saturated rings. The van der Waals surface area contributed by atoms with Crippen molar-refractivity contribution in [2.24, 2.45) is 0 Å². The second-order valence-corrected chi connectivity index (χ2v) is 5.00. The molecule has 4 heteroatoms. The summed E-state index contributed by atoms with van der Waals surface area (Å²) in [6.07, 6.45) is 2.23. The largest absolute Gasteiger partial charge is 0.325 e. The third kappa shape index (κ3) is 2.55. The molecule has 2 rings (SSSR count). The maximum atomic E-state index is 11.9. The Morgan fingerprint density at radius 2 is 2.06 bits per heavy atom. The molecule has 1 aliphatic rings. The lowest BCUT2D eigenvalue weighted by molar-refractivity contribution is 0.222. The lowest BCUT2D eigenvalue weighted by atomic mass is 10.2. The molecule has 16 heavy (non-hydrogen) atoms. The molecule has 1 heterocycles. The molecule has 1 aromatic rings. The van der Waals surface area contributed by atoms with Gasteiger partial charge < -0.3 is 10.2 Å². The van der Waals surface area contributed by atoms with Gasteiger partial charge in [-0.25, -0.2) is 4.79 Å². The number of benzene rings is 1. The highest BCUT2D eigenvalue weighted by Gasteiger charge is 2.18. The van der Waals surface area contributed by atoms with E-state index in [-0.39, 0.29) is 6.03 Å². The van der Waals surface area contributed by atoms with Gasteiger partial charge in [-0.15, -0.1) is 0 Å². The van der Waals surface area contributed by atoms with Crippen molar-refractivity contribution >= 4 is 27.6 Å². The topological polar surface area (TPSA) is 32.3 Å². The van der Waals surface area contributed by atoms with Crippen LogP contribution in [0.15, 0.2) is 22.7 Å². The maximum absolute atomic E-state index is 11.9. The van der Waals surface area contributed by atoms with Gasteiger partial charge in [-0.1, -0.05) is 22.0 Å². The van der Waals surface area contributed by atoms with Crippen molar-refractivity contribution < 1.29 is 4.79 Å². The van der Waals surface area contributed by atoms with E-state index in [1.807, 2.05) is 30.0 Å². The zero-order valence-corrected chi connectivity index (χ0v) is 10.9. The Labute approximate surface area is 104 Å². The van der Waals surface area contributed by atoms with Crippen LogP contribution in [0.2, 0.25) is 0 Å². The Morgan fingerprint density at radius 1 is 1.38 bits per heavy atom. The van der Waals surface area contributed by atoms with Crippen molar-refractivity contribution in [2.45, 2.75) is 19.8 Å². The lowest BCUT2D eigenvalue weighted by Crippen LogP contribution is -2.32. The molecule has 86 valence electrons. The van der Waals surface area contributed by atoms with Gasteiger partial charge in [0, 0.05) is 23.2 Å². The van der Waals surface area contributed by atoms with Gasteiger partial charge in [0.1, 0.15) is 0 Å². The first-order valence-electron chi connectivity index (χ1n) is 5.49. The Kier molecular flexibility index (Phi) is 3.49. The third-order valence-electron chi connectivity index (χ3n) is 2.83. The molecule has 1 aliphatic heterocycles. The summed E-state index contributed by atoms with van der Waals surface area (Å²) in [7, 11) is 0. The van der Waals surface area contributed by atoms with Crippen LogP contribution in [0.1, 0.15) is 18.4 Å². The first-order chi connectivity index (χ1) is 7.66. The number of hydrogen-bond donors (Lipinski definition) is 1. The summed E-state index contributed by atoms with van der Waals surface area (Å²) >= 11 is 3.40. The molecular weight excluding hydrogens is 268 g/mol. The lowest BCUT2D eigenvalue weighted by Gasteiger charge is -2.17. The van der Waals surface area contributed by atoms with Crippen LogP contribution in [0.3, 0.4) is 0 Å². The monoisotopic (exact) mass is 282 g/mol. The van der Waals surface area contributed by atoms with Gasteiger partial charge >= 0.3 is 6.03 Å². The average molecular weight is 283 g/mol. The molecule has 1 aromatic carbocycles. The van der Waals surface area contributed by atoms with Crippen LogP contribution in [0, 0.1) is 6.92 Å². The van der Waals surface area contributed by atoms with E-state index in [1.165, 1.54) is 0 Å². The quantitative estimate of drug-likeness (QED) is 0.842. The standard InChI is InChI=1S/C12H15BrN2O/c1-9-4-5-10(13)8-11(9)14-12(16)15-6-2-3-7-15/h4-5,8H,2-3,6-7H2,1H3,(H,14,16). The van der Waals surface area contributed by atoms with Crippen LogP contribution in [0.4, 0.5) is 10.5 Å². The summed E-state index contributed by atoms with van der Waals surface area (Å²) in [5.74, 6) is 0. The molecule has 0 bridgehead atoms. The van der Waals surface area contributed by atoms with Crippen LogP contribution in [-0.2, 0) is 0 Å². The van der Waals surface area contributed by atoms with Crippen molar-refractivity contribution in [3.8, 4) is 0 Å². The van der Waals surface area contributed by atoms with E-state index >= 15 is 0 Å². The predicted molar refractivity (Wildman–Crippen MR) is 68.7 cm³/mol. The van der Waals surface area contributed by atoms with E-state index in [4.69, 9.17) is 0 Å². The number of rotatable bonds is 1. The number of aryl methyl sites for hydroxylation is 1. The number of hydrogen-bond acceptors (Lipinski definition) is 1. The first-order valence-corrected chi connectivity index (χ1v) is 6.28. The number of carbonyl (C=O) groups is 1. The van der Waals surface area contributed by atoms with Crippen LogP contribution in [0.5, 0.6) is 0 Å². The summed E-state index contributed by atoms with van der Waals surface area (Å²) < 4.78 is 0.981. The van der Waals surface area contributed by atoms with Crippen molar-refractivity contribution in [3.63, 3.8) is 0 Å². The molecule has 0 radical (unpaired) electrons. The highest BCUT2D eigenvalue weighted by molar-refractivity contribution is 9.10. The average Bonchev–Trinajstić information content (AvgIpc) is 2.76. The second-order valence-electron chi connectivity index (χ2n) is 4.08. The molecule has 1 N–H and O–H groups in total. The summed E-state index contributed by atoms with van der Waals surface area (Å²) in [6.45, 7) is 3.74. The van der Waals surface area contributed by atoms with Crippen molar-refractivity contribution in [1.29, 1.82) is 0 Å². The number of halogens is 1. The van der Waals surface area contributed by atoms with Gasteiger partial charge in [-0.2, -0.15) is 0 Å². The Morgan fingerprint density at radius 3 is 2.75 bits per heavy atom. The number of nitrogens with zero attached hydrogens (tertiary/aromatic N) is 1. The Balaban J connectivity index is 2.07. The second kappa shape index (κ2) is 4.87. The summed E-state index contributed by atoms with van der Waals surface area (Å²) in [5.41, 5.74) is 1.96. The molecule has 1 saturated heterocycles. The summed E-state index contributed by atoms with van der Waals surface area (Å²) in [4.78, 5) is 13.7. The van der Waals surface area contributed by atoms with E-state index < -0.39 is 0 Å². The molecule has 0 saturated carbocycles. The summed E-state index contributed by atoms with van der Waals surface area (Å²) in [5, 5.41) is 2.95. The highest BCUT2D eigenvalue weighted by atomic mass is 79.9. The number of urea groups is 1. The SMILES string of the molecule is Cc1ccc(Br)cc1NC(=O)N1CCCC1. The third-order valence-corrected chi connectivity index (χ3v) is 3.33. The van der Waals surface area contributed by atoms with Gasteiger partial charge in [0.05, 0.1) is 0 Å². The van der Waals surface area contributed by atoms with Crippen molar-refractivity contribution in [1.82, 2.24) is 4.90 Å². The molecule has 3 nitrogen and oxygen atoms in total. The van der Waals surface area contributed by atoms with E-state index in [0.29, 0.717) is 0 Å². The fourth-order valence-corrected chi connectivity index (χ4v) is 2.20. The van der Waals surface area contributed by atoms with Crippen LogP contribution >= 0.6 is 15.9 Å². The van der Waals surface area contributed by atoms with Gasteiger partial charge in [0.25, 0.3) is 0 Å². The number of nitrogens with one attached hydrogen (secondary N) is 1. The number of carbonyl (C=O) groups excluding carboxylic acids is 1. The molecule has 0 unspecified atom stereocenters. The Bertz CT molecular complexity index is 400. The minimum atomic E-state index is 0.0127. The summed E-state index contributed by atoms with van der Waals surface area (Å²) in [6, 6.07) is 5.91. The Hall–Kier alpha value is -1.03. The molecule has 0 aromatic heterocycles. The van der Waals surface area contributed by atoms with E-state index in [2.05, 4.69) is 21.2 Å². The number of likely N-dealkylation sites (tertiary alicyclic amines) is 1. The highest BCUT2D eigenvalue weighted by Crippen LogP contribution is 2.21. The van der Waals surface area contributed by atoms with Gasteiger partial charge in [-0.05, 0) is 37.5 Å². The van der Waals surface area contributed by atoms with E-state index in [9.17, 15) is 4.79 Å². The number of anilines is 1. The number of amides is 2. The van der Waals surface area contributed by atoms with Gasteiger partial charge in [0.15, 0.2) is 0 Å². The minimum Gasteiger partial charge on any atom is -0.325 e. The molecule has 0 atom stereocenters. The first kappa shape index (κ1) is 11.5. The fourth-order valence-electron chi connectivity index (χ4n) is 1.84. The molecule has 0 aliphatic carbocycles. The molecular formula is C12H15BrN2O. The van der Waals surface area contributed by atoms with Crippen molar-refractivity contribution in [2.75, 3.05) is 18.4 Å². The fraction of sp³-hybridized carbons (Fsp3) is 0.417. The van der Waals surface area contributed by atoms with E-state index in [1.54, 1.807) is 0 Å². The van der Waals surface area contributed by atoms with E-state index in [0.717, 1.165) is 41.7 Å². The molecule has 2 amide bonds. The van der Waals surface area contributed by atoms with Crippen LogP contribution < -0.4 is 5.32 Å². The zero-order chi connectivity index (χ0) is 11.5. The van der Waals surface area contributed by atoms with Crippen LogP contribution in [0.25, 0.3) is 0 Å². The minimum absolute atomic E-state index is 0.0127. The van der Waals surface area contributed by atoms with Crippen molar-refractivity contribution in [3.05, 3.63) is 28.2 Å². The van der Waals surface area contributed by atoms with Gasteiger partial charge in [0.2, 0.25) is 0 Å². The normalized spacial score (nSPS) is 15.2. The predicted octanol–water partition coefficient (Wildman–Crippen LogP) is 3.39. The zero-order valence-electron chi connectivity index (χ0n) is 9.29. The molecule has 0 spiro atoms.